The van der Waals surface area contributed by atoms with Crippen LogP contribution in [0.5, 0.6) is 0 Å². The van der Waals surface area contributed by atoms with E-state index in [2.05, 4.69) is 5.32 Å². The molecular weight excluding hydrogens is 228 g/mol. The molecule has 3 N–H and O–H groups in total. The number of hydrogen-bond donors (Lipinski definition) is 2. The quantitative estimate of drug-likeness (QED) is 0.799. The molecule has 1 aromatic carbocycles. The number of nitrogens with two attached hydrogens (primary N) is 1. The molecule has 0 bridgehead atoms. The van der Waals surface area contributed by atoms with Gasteiger partial charge in [0.05, 0.1) is 12.5 Å². The van der Waals surface area contributed by atoms with E-state index >= 15 is 0 Å². The van der Waals surface area contributed by atoms with Crippen molar-refractivity contribution < 1.29 is 9.53 Å². The predicted octanol–water partition coefficient (Wildman–Crippen LogP) is 1.62. The SMILES string of the molecule is Cc1c(N)cccc1CNC(=O)C1CCCOC1. The van der Waals surface area contributed by atoms with Crippen LogP contribution in [0.15, 0.2) is 18.2 Å². The molecule has 1 unspecified atom stereocenters. The largest absolute Gasteiger partial charge is 0.399 e. The van der Waals surface area contributed by atoms with Crippen molar-refractivity contribution in [1.29, 1.82) is 0 Å². The number of ether oxygens (including phenoxy) is 1. The van der Waals surface area contributed by atoms with Gasteiger partial charge in [-0.2, -0.15) is 0 Å². The van der Waals surface area contributed by atoms with E-state index in [0.717, 1.165) is 36.3 Å². The zero-order valence-corrected chi connectivity index (χ0v) is 10.7. The van der Waals surface area contributed by atoms with Crippen molar-refractivity contribution in [3.8, 4) is 0 Å². The van der Waals surface area contributed by atoms with E-state index < -0.39 is 0 Å². The summed E-state index contributed by atoms with van der Waals surface area (Å²) in [7, 11) is 0. The van der Waals surface area contributed by atoms with Gasteiger partial charge in [0.1, 0.15) is 0 Å². The Kier molecular flexibility index (Phi) is 4.20. The third kappa shape index (κ3) is 3.01. The van der Waals surface area contributed by atoms with Crippen LogP contribution in [0.25, 0.3) is 0 Å². The lowest BCUT2D eigenvalue weighted by Crippen LogP contribution is -2.35. The molecule has 1 aromatic rings. The average molecular weight is 248 g/mol. The Bertz CT molecular complexity index is 426. The second-order valence-corrected chi connectivity index (χ2v) is 4.76. The number of rotatable bonds is 3. The molecule has 18 heavy (non-hydrogen) atoms. The summed E-state index contributed by atoms with van der Waals surface area (Å²) in [6.07, 6.45) is 1.89. The first-order valence-corrected chi connectivity index (χ1v) is 6.38. The average Bonchev–Trinajstić information content (AvgIpc) is 2.41. The lowest BCUT2D eigenvalue weighted by atomic mass is 10.0. The highest BCUT2D eigenvalue weighted by Gasteiger charge is 2.21. The standard InChI is InChI=1S/C14H20N2O2/c1-10-11(4-2-6-13(10)15)8-16-14(17)12-5-3-7-18-9-12/h2,4,6,12H,3,5,7-9,15H2,1H3,(H,16,17). The Hall–Kier alpha value is -1.55. The molecule has 1 aliphatic rings. The molecule has 1 aliphatic heterocycles. The molecule has 1 amide bonds. The molecule has 1 saturated heterocycles. The highest BCUT2D eigenvalue weighted by atomic mass is 16.5. The van der Waals surface area contributed by atoms with Gasteiger partial charge in [-0.25, -0.2) is 0 Å². The minimum atomic E-state index is 0.000107. The Morgan fingerprint density at radius 3 is 3.11 bits per heavy atom. The van der Waals surface area contributed by atoms with Crippen LogP contribution in [0, 0.1) is 12.8 Å². The highest BCUT2D eigenvalue weighted by Crippen LogP contribution is 2.16. The van der Waals surface area contributed by atoms with Gasteiger partial charge < -0.3 is 15.8 Å². The summed E-state index contributed by atoms with van der Waals surface area (Å²) >= 11 is 0. The van der Waals surface area contributed by atoms with Crippen LogP contribution in [-0.4, -0.2) is 19.1 Å². The molecule has 0 spiro atoms. The number of nitrogen functional groups attached to an aromatic ring is 1. The highest BCUT2D eigenvalue weighted by molar-refractivity contribution is 5.78. The molecule has 4 heteroatoms. The monoisotopic (exact) mass is 248 g/mol. The van der Waals surface area contributed by atoms with Crippen LogP contribution in [0.3, 0.4) is 0 Å². The lowest BCUT2D eigenvalue weighted by Gasteiger charge is -2.21. The minimum absolute atomic E-state index is 0.000107. The second-order valence-electron chi connectivity index (χ2n) is 4.76. The van der Waals surface area contributed by atoms with Crippen LogP contribution in [0.1, 0.15) is 24.0 Å². The van der Waals surface area contributed by atoms with Gasteiger partial charge in [0.15, 0.2) is 0 Å². The summed E-state index contributed by atoms with van der Waals surface area (Å²) in [5, 5.41) is 2.96. The Morgan fingerprint density at radius 2 is 2.39 bits per heavy atom. The zero-order valence-electron chi connectivity index (χ0n) is 10.7. The van der Waals surface area contributed by atoms with Crippen molar-refractivity contribution in [2.24, 2.45) is 5.92 Å². The summed E-state index contributed by atoms with van der Waals surface area (Å²) in [5.74, 6) is 0.0802. The van der Waals surface area contributed by atoms with E-state index in [9.17, 15) is 4.79 Å². The number of benzene rings is 1. The molecule has 1 atom stereocenters. The van der Waals surface area contributed by atoms with Gasteiger partial charge in [0, 0.05) is 18.8 Å². The Balaban J connectivity index is 1.90. The van der Waals surface area contributed by atoms with Crippen molar-refractivity contribution in [3.63, 3.8) is 0 Å². The van der Waals surface area contributed by atoms with Crippen LogP contribution in [0.2, 0.25) is 0 Å². The predicted molar refractivity (Wildman–Crippen MR) is 71.0 cm³/mol. The van der Waals surface area contributed by atoms with Crippen molar-refractivity contribution >= 4 is 11.6 Å². The fraction of sp³-hybridized carbons (Fsp3) is 0.500. The van der Waals surface area contributed by atoms with E-state index in [-0.39, 0.29) is 11.8 Å². The maximum Gasteiger partial charge on any atom is 0.225 e. The van der Waals surface area contributed by atoms with E-state index in [0.29, 0.717) is 13.2 Å². The van der Waals surface area contributed by atoms with Crippen LogP contribution in [-0.2, 0) is 16.1 Å². The number of carbonyl (C=O) groups is 1. The van der Waals surface area contributed by atoms with Gasteiger partial charge in [0.2, 0.25) is 5.91 Å². The molecule has 1 heterocycles. The molecule has 4 nitrogen and oxygen atoms in total. The summed E-state index contributed by atoms with van der Waals surface area (Å²) in [6.45, 7) is 3.83. The molecule has 0 aromatic heterocycles. The van der Waals surface area contributed by atoms with Crippen LogP contribution < -0.4 is 11.1 Å². The third-order valence-corrected chi connectivity index (χ3v) is 3.47. The number of amides is 1. The van der Waals surface area contributed by atoms with E-state index in [1.54, 1.807) is 0 Å². The molecular formula is C14H20N2O2. The van der Waals surface area contributed by atoms with E-state index in [1.165, 1.54) is 0 Å². The van der Waals surface area contributed by atoms with E-state index in [1.807, 2.05) is 25.1 Å². The summed E-state index contributed by atoms with van der Waals surface area (Å²) in [6, 6.07) is 5.77. The molecule has 0 aliphatic carbocycles. The van der Waals surface area contributed by atoms with Crippen molar-refractivity contribution in [3.05, 3.63) is 29.3 Å². The summed E-state index contributed by atoms with van der Waals surface area (Å²) in [5.41, 5.74) is 8.71. The maximum absolute atomic E-state index is 11.9. The normalized spacial score (nSPS) is 19.5. The van der Waals surface area contributed by atoms with Gasteiger partial charge in [-0.05, 0) is 37.0 Å². The third-order valence-electron chi connectivity index (χ3n) is 3.47. The molecule has 0 saturated carbocycles. The number of anilines is 1. The molecule has 0 radical (unpaired) electrons. The second kappa shape index (κ2) is 5.87. The number of hydrogen-bond acceptors (Lipinski definition) is 3. The summed E-state index contributed by atoms with van der Waals surface area (Å²) < 4.78 is 5.32. The van der Waals surface area contributed by atoms with Crippen LogP contribution >= 0.6 is 0 Å². The van der Waals surface area contributed by atoms with Crippen LogP contribution in [0.4, 0.5) is 5.69 Å². The lowest BCUT2D eigenvalue weighted by molar-refractivity contribution is -0.129. The van der Waals surface area contributed by atoms with Gasteiger partial charge in [-0.15, -0.1) is 0 Å². The first kappa shape index (κ1) is 12.9. The fourth-order valence-electron chi connectivity index (χ4n) is 2.17. The van der Waals surface area contributed by atoms with Gasteiger partial charge in [-0.3, -0.25) is 4.79 Å². The van der Waals surface area contributed by atoms with Gasteiger partial charge in [0.25, 0.3) is 0 Å². The zero-order chi connectivity index (χ0) is 13.0. The number of nitrogens with one attached hydrogen (secondary N) is 1. The fourth-order valence-corrected chi connectivity index (χ4v) is 2.17. The first-order valence-electron chi connectivity index (χ1n) is 6.38. The van der Waals surface area contributed by atoms with Gasteiger partial charge in [-0.1, -0.05) is 12.1 Å². The maximum atomic E-state index is 11.9. The van der Waals surface area contributed by atoms with Gasteiger partial charge >= 0.3 is 0 Å². The minimum Gasteiger partial charge on any atom is -0.399 e. The van der Waals surface area contributed by atoms with E-state index in [4.69, 9.17) is 10.5 Å². The molecule has 2 rings (SSSR count). The topological polar surface area (TPSA) is 64.3 Å². The number of carbonyl (C=O) groups excluding carboxylic acids is 1. The van der Waals surface area contributed by atoms with Crippen molar-refractivity contribution in [2.45, 2.75) is 26.3 Å². The van der Waals surface area contributed by atoms with Crippen molar-refractivity contribution in [2.75, 3.05) is 18.9 Å². The Labute approximate surface area is 108 Å². The molecule has 98 valence electrons. The molecule has 1 fully saturated rings. The first-order chi connectivity index (χ1) is 8.68. The Morgan fingerprint density at radius 1 is 1.56 bits per heavy atom. The van der Waals surface area contributed by atoms with Crippen molar-refractivity contribution in [1.82, 2.24) is 5.32 Å². The summed E-state index contributed by atoms with van der Waals surface area (Å²) in [4.78, 5) is 11.9. The smallest absolute Gasteiger partial charge is 0.225 e.